The smallest absolute Gasteiger partial charge is 0.323 e. The number of para-hydroxylation sites is 2. The minimum Gasteiger partial charge on any atom is -0.323 e. The van der Waals surface area contributed by atoms with Gasteiger partial charge in [0.15, 0.2) is 0 Å². The van der Waals surface area contributed by atoms with Gasteiger partial charge in [-0.2, -0.15) is 0 Å². The fourth-order valence-corrected chi connectivity index (χ4v) is 2.85. The van der Waals surface area contributed by atoms with E-state index in [0.717, 1.165) is 16.6 Å². The number of imidazole rings is 1. The van der Waals surface area contributed by atoms with Gasteiger partial charge in [0.2, 0.25) is 5.91 Å². The largest absolute Gasteiger partial charge is 0.329 e. The molecule has 23 heavy (non-hydrogen) atoms. The van der Waals surface area contributed by atoms with Crippen LogP contribution in [-0.2, 0) is 18.4 Å². The first kappa shape index (κ1) is 15.4. The number of anilines is 1. The number of benzene rings is 2. The van der Waals surface area contributed by atoms with Crippen LogP contribution in [0.5, 0.6) is 0 Å². The zero-order valence-electron chi connectivity index (χ0n) is 12.8. The lowest BCUT2D eigenvalue weighted by Crippen LogP contribution is -2.28. The zero-order chi connectivity index (χ0) is 16.6. The Bertz CT molecular complexity index is 956. The van der Waals surface area contributed by atoms with Crippen molar-refractivity contribution in [2.75, 3.05) is 5.32 Å². The Labute approximate surface area is 138 Å². The van der Waals surface area contributed by atoms with Crippen LogP contribution in [0.15, 0.2) is 47.3 Å². The predicted molar refractivity (Wildman–Crippen MR) is 92.0 cm³/mol. The van der Waals surface area contributed by atoms with Gasteiger partial charge >= 0.3 is 5.69 Å². The zero-order valence-corrected chi connectivity index (χ0v) is 13.6. The molecule has 0 unspecified atom stereocenters. The number of hydrogen-bond acceptors (Lipinski definition) is 2. The lowest BCUT2D eigenvalue weighted by molar-refractivity contribution is -0.116. The minimum absolute atomic E-state index is 0.0651. The second-order valence-electron chi connectivity index (χ2n) is 5.45. The van der Waals surface area contributed by atoms with Crippen LogP contribution in [0.1, 0.15) is 5.56 Å². The molecule has 0 aliphatic carbocycles. The molecule has 5 nitrogen and oxygen atoms in total. The molecule has 0 atom stereocenters. The SMILES string of the molecule is Cc1ccc(NC(=O)Cn2c(=O)n(C)c3ccccc32)c(Cl)c1. The highest BCUT2D eigenvalue weighted by atomic mass is 35.5. The first-order chi connectivity index (χ1) is 11.0. The van der Waals surface area contributed by atoms with Crippen LogP contribution < -0.4 is 11.0 Å². The van der Waals surface area contributed by atoms with Gasteiger partial charge in [-0.15, -0.1) is 0 Å². The molecule has 3 aromatic rings. The van der Waals surface area contributed by atoms with E-state index in [4.69, 9.17) is 11.6 Å². The summed E-state index contributed by atoms with van der Waals surface area (Å²) in [5, 5.41) is 3.22. The number of carbonyl (C=O) groups is 1. The van der Waals surface area contributed by atoms with Crippen molar-refractivity contribution in [3.05, 3.63) is 63.5 Å². The van der Waals surface area contributed by atoms with Crippen LogP contribution in [-0.4, -0.2) is 15.0 Å². The molecule has 1 amide bonds. The number of nitrogens with zero attached hydrogens (tertiary/aromatic N) is 2. The maximum absolute atomic E-state index is 12.3. The van der Waals surface area contributed by atoms with Gasteiger partial charge in [-0.1, -0.05) is 29.8 Å². The lowest BCUT2D eigenvalue weighted by Gasteiger charge is -2.08. The molecule has 0 aliphatic heterocycles. The Hall–Kier alpha value is -2.53. The summed E-state index contributed by atoms with van der Waals surface area (Å²) in [5.74, 6) is -0.297. The average Bonchev–Trinajstić information content (AvgIpc) is 2.76. The van der Waals surface area contributed by atoms with Crippen molar-refractivity contribution in [1.82, 2.24) is 9.13 Å². The van der Waals surface area contributed by atoms with Crippen LogP contribution in [0.3, 0.4) is 0 Å². The Morgan fingerprint density at radius 3 is 2.57 bits per heavy atom. The number of aryl methyl sites for hydroxylation is 2. The Morgan fingerprint density at radius 1 is 1.17 bits per heavy atom. The number of hydrogen-bond donors (Lipinski definition) is 1. The number of fused-ring (bicyclic) bond motifs is 1. The van der Waals surface area contributed by atoms with Gasteiger partial charge in [0.25, 0.3) is 0 Å². The predicted octanol–water partition coefficient (Wildman–Crippen LogP) is 2.94. The molecule has 118 valence electrons. The fourth-order valence-electron chi connectivity index (χ4n) is 2.57. The standard InChI is InChI=1S/C17H16ClN3O2/c1-11-7-8-13(12(18)9-11)19-16(22)10-21-15-6-4-3-5-14(15)20(2)17(21)23/h3-9H,10H2,1-2H3,(H,19,22). The molecule has 6 heteroatoms. The van der Waals surface area contributed by atoms with E-state index < -0.39 is 0 Å². The highest BCUT2D eigenvalue weighted by Gasteiger charge is 2.14. The highest BCUT2D eigenvalue weighted by Crippen LogP contribution is 2.22. The third-order valence-corrected chi connectivity index (χ3v) is 4.06. The van der Waals surface area contributed by atoms with E-state index in [0.29, 0.717) is 10.7 Å². The number of rotatable bonds is 3. The highest BCUT2D eigenvalue weighted by molar-refractivity contribution is 6.33. The molecule has 1 heterocycles. The van der Waals surface area contributed by atoms with Crippen LogP contribution in [0.25, 0.3) is 11.0 Å². The summed E-state index contributed by atoms with van der Waals surface area (Å²) in [6.07, 6.45) is 0. The summed E-state index contributed by atoms with van der Waals surface area (Å²) in [4.78, 5) is 24.6. The van der Waals surface area contributed by atoms with Gasteiger partial charge in [-0.25, -0.2) is 4.79 Å². The van der Waals surface area contributed by atoms with Crippen molar-refractivity contribution in [3.8, 4) is 0 Å². The first-order valence-electron chi connectivity index (χ1n) is 7.17. The monoisotopic (exact) mass is 329 g/mol. The summed E-state index contributed by atoms with van der Waals surface area (Å²) in [6.45, 7) is 1.86. The van der Waals surface area contributed by atoms with Crippen LogP contribution in [0.4, 0.5) is 5.69 Å². The molecular formula is C17H16ClN3O2. The van der Waals surface area contributed by atoms with E-state index in [1.54, 1.807) is 19.2 Å². The molecule has 0 aliphatic rings. The summed E-state index contributed by atoms with van der Waals surface area (Å²) in [5.41, 5.74) is 2.84. The molecule has 1 N–H and O–H groups in total. The van der Waals surface area contributed by atoms with E-state index in [1.807, 2.05) is 37.3 Å². The van der Waals surface area contributed by atoms with Crippen LogP contribution >= 0.6 is 11.6 Å². The Balaban J connectivity index is 1.89. The third kappa shape index (κ3) is 2.87. The number of carbonyl (C=O) groups excluding carboxylic acids is 1. The van der Waals surface area contributed by atoms with E-state index in [9.17, 15) is 9.59 Å². The van der Waals surface area contributed by atoms with E-state index >= 15 is 0 Å². The van der Waals surface area contributed by atoms with Crippen molar-refractivity contribution < 1.29 is 4.79 Å². The van der Waals surface area contributed by atoms with Gasteiger partial charge in [-0.3, -0.25) is 13.9 Å². The molecule has 0 spiro atoms. The van der Waals surface area contributed by atoms with Crippen molar-refractivity contribution >= 4 is 34.2 Å². The molecule has 3 rings (SSSR count). The van der Waals surface area contributed by atoms with E-state index in [-0.39, 0.29) is 18.1 Å². The minimum atomic E-state index is -0.297. The Morgan fingerprint density at radius 2 is 1.87 bits per heavy atom. The Kier molecular flexibility index (Phi) is 3.96. The summed E-state index contributed by atoms with van der Waals surface area (Å²) in [7, 11) is 1.69. The van der Waals surface area contributed by atoms with Crippen molar-refractivity contribution in [2.45, 2.75) is 13.5 Å². The second-order valence-corrected chi connectivity index (χ2v) is 5.86. The van der Waals surface area contributed by atoms with Crippen molar-refractivity contribution in [1.29, 1.82) is 0 Å². The van der Waals surface area contributed by atoms with E-state index in [2.05, 4.69) is 5.32 Å². The average molecular weight is 330 g/mol. The summed E-state index contributed by atoms with van der Waals surface area (Å²) >= 11 is 6.12. The quantitative estimate of drug-likeness (QED) is 0.803. The lowest BCUT2D eigenvalue weighted by atomic mass is 10.2. The molecule has 0 bridgehead atoms. The number of aromatic nitrogens is 2. The second kappa shape index (κ2) is 5.93. The molecule has 0 saturated carbocycles. The maximum Gasteiger partial charge on any atom is 0.329 e. The van der Waals surface area contributed by atoms with Gasteiger partial charge in [-0.05, 0) is 36.8 Å². The molecule has 0 fully saturated rings. The topological polar surface area (TPSA) is 56.0 Å². The van der Waals surface area contributed by atoms with Gasteiger partial charge < -0.3 is 5.32 Å². The van der Waals surface area contributed by atoms with Gasteiger partial charge in [0.1, 0.15) is 6.54 Å². The van der Waals surface area contributed by atoms with Crippen LogP contribution in [0.2, 0.25) is 5.02 Å². The molecule has 2 aromatic carbocycles. The van der Waals surface area contributed by atoms with Crippen molar-refractivity contribution in [2.24, 2.45) is 7.05 Å². The first-order valence-corrected chi connectivity index (χ1v) is 7.55. The van der Waals surface area contributed by atoms with Crippen molar-refractivity contribution in [3.63, 3.8) is 0 Å². The summed E-state index contributed by atoms with van der Waals surface area (Å²) < 4.78 is 2.98. The molecule has 0 radical (unpaired) electrons. The molecule has 1 aromatic heterocycles. The summed E-state index contributed by atoms with van der Waals surface area (Å²) in [6, 6.07) is 12.8. The maximum atomic E-state index is 12.3. The third-order valence-electron chi connectivity index (χ3n) is 3.75. The van der Waals surface area contributed by atoms with Gasteiger partial charge in [0, 0.05) is 7.05 Å². The molecule has 0 saturated heterocycles. The number of halogens is 1. The van der Waals surface area contributed by atoms with E-state index in [1.165, 1.54) is 9.13 Å². The number of amides is 1. The van der Waals surface area contributed by atoms with Gasteiger partial charge in [0.05, 0.1) is 21.7 Å². The normalized spacial score (nSPS) is 10.9. The molecular weight excluding hydrogens is 314 g/mol. The number of nitrogens with one attached hydrogen (secondary N) is 1. The van der Waals surface area contributed by atoms with Crippen LogP contribution in [0, 0.1) is 6.92 Å². The fraction of sp³-hybridized carbons (Fsp3) is 0.176.